The fraction of sp³-hybridized carbons (Fsp3) is 0.952. The van der Waals surface area contributed by atoms with Gasteiger partial charge in [0.15, 0.2) is 17.9 Å². The van der Waals surface area contributed by atoms with Gasteiger partial charge < -0.3 is 28.4 Å². The van der Waals surface area contributed by atoms with Crippen LogP contribution in [0, 0.1) is 11.8 Å². The quantitative estimate of drug-likeness (QED) is 0.517. The summed E-state index contributed by atoms with van der Waals surface area (Å²) in [6, 6.07) is 0. The number of esters is 1. The Morgan fingerprint density at radius 3 is 2.36 bits per heavy atom. The lowest BCUT2D eigenvalue weighted by molar-refractivity contribution is -0.203. The average molecular weight is 403 g/mol. The van der Waals surface area contributed by atoms with Gasteiger partial charge in [-0.1, -0.05) is 27.2 Å². The summed E-state index contributed by atoms with van der Waals surface area (Å²) in [5.74, 6) is -0.679. The molecule has 0 aromatic heterocycles. The molecule has 0 radical (unpaired) electrons. The molecule has 28 heavy (non-hydrogen) atoms. The molecule has 0 spiro atoms. The van der Waals surface area contributed by atoms with Crippen LogP contribution < -0.4 is 0 Å². The van der Waals surface area contributed by atoms with E-state index in [1.807, 2.05) is 27.7 Å². The second-order valence-electron chi connectivity index (χ2n) is 9.12. The van der Waals surface area contributed by atoms with Gasteiger partial charge in [-0.05, 0) is 46.0 Å². The zero-order valence-corrected chi connectivity index (χ0v) is 18.5. The molecule has 0 bridgehead atoms. The topological polar surface area (TPSA) is 72.5 Å². The molecule has 4 unspecified atom stereocenters. The minimum absolute atomic E-state index is 0.110. The van der Waals surface area contributed by atoms with Gasteiger partial charge in [0.1, 0.15) is 18.8 Å². The number of ether oxygens (including phenoxy) is 6. The van der Waals surface area contributed by atoms with Gasteiger partial charge >= 0.3 is 5.97 Å². The van der Waals surface area contributed by atoms with E-state index in [1.165, 1.54) is 0 Å². The van der Waals surface area contributed by atoms with E-state index in [0.29, 0.717) is 31.5 Å². The molecule has 2 aliphatic rings. The summed E-state index contributed by atoms with van der Waals surface area (Å²) < 4.78 is 34.4. The maximum atomic E-state index is 12.3. The highest BCUT2D eigenvalue weighted by molar-refractivity contribution is 5.69. The van der Waals surface area contributed by atoms with Crippen LogP contribution in [0.25, 0.3) is 0 Å². The van der Waals surface area contributed by atoms with Crippen LogP contribution in [-0.2, 0) is 33.2 Å². The first kappa shape index (κ1) is 23.5. The van der Waals surface area contributed by atoms with Crippen LogP contribution in [0.15, 0.2) is 0 Å². The Labute approximate surface area is 169 Å². The summed E-state index contributed by atoms with van der Waals surface area (Å²) >= 11 is 0. The van der Waals surface area contributed by atoms with Gasteiger partial charge in [-0.2, -0.15) is 0 Å². The maximum Gasteiger partial charge on any atom is 0.306 e. The van der Waals surface area contributed by atoms with Crippen LogP contribution in [0.4, 0.5) is 0 Å². The van der Waals surface area contributed by atoms with Crippen molar-refractivity contribution in [1.82, 2.24) is 0 Å². The Bertz CT molecular complexity index is 503. The SMILES string of the molecule is CCC(CC(=O)OCC1OC(C)(C)OC1OCC1COC(C)(C)O1)CC(C)C. The first-order chi connectivity index (χ1) is 13.0. The molecule has 7 heteroatoms. The fourth-order valence-electron chi connectivity index (χ4n) is 3.64. The summed E-state index contributed by atoms with van der Waals surface area (Å²) in [4.78, 5) is 12.3. The average Bonchev–Trinajstić information content (AvgIpc) is 3.07. The maximum absolute atomic E-state index is 12.3. The first-order valence-corrected chi connectivity index (χ1v) is 10.4. The fourth-order valence-corrected chi connectivity index (χ4v) is 3.64. The third-order valence-corrected chi connectivity index (χ3v) is 4.90. The molecule has 0 aromatic carbocycles. The van der Waals surface area contributed by atoms with Crippen molar-refractivity contribution in [3.63, 3.8) is 0 Å². The normalized spacial score (nSPS) is 29.9. The van der Waals surface area contributed by atoms with E-state index in [9.17, 15) is 4.79 Å². The molecule has 2 saturated heterocycles. The van der Waals surface area contributed by atoms with Crippen molar-refractivity contribution in [3.8, 4) is 0 Å². The Morgan fingerprint density at radius 1 is 1.07 bits per heavy atom. The number of hydrogen-bond donors (Lipinski definition) is 0. The molecule has 2 heterocycles. The van der Waals surface area contributed by atoms with Gasteiger partial charge in [0.2, 0.25) is 0 Å². The second-order valence-corrected chi connectivity index (χ2v) is 9.12. The smallest absolute Gasteiger partial charge is 0.306 e. The minimum Gasteiger partial charge on any atom is -0.463 e. The van der Waals surface area contributed by atoms with Crippen molar-refractivity contribution in [2.24, 2.45) is 11.8 Å². The highest BCUT2D eigenvalue weighted by Gasteiger charge is 2.44. The lowest BCUT2D eigenvalue weighted by Gasteiger charge is -2.21. The molecule has 0 N–H and O–H groups in total. The van der Waals surface area contributed by atoms with Crippen LogP contribution in [0.5, 0.6) is 0 Å². The first-order valence-electron chi connectivity index (χ1n) is 10.4. The molecule has 0 aliphatic carbocycles. The minimum atomic E-state index is -0.794. The van der Waals surface area contributed by atoms with Gasteiger partial charge in [0, 0.05) is 6.42 Å². The second kappa shape index (κ2) is 9.85. The van der Waals surface area contributed by atoms with E-state index in [1.54, 1.807) is 0 Å². The van der Waals surface area contributed by atoms with Crippen molar-refractivity contribution in [1.29, 1.82) is 0 Å². The van der Waals surface area contributed by atoms with Crippen molar-refractivity contribution in [3.05, 3.63) is 0 Å². The molecule has 0 saturated carbocycles. The van der Waals surface area contributed by atoms with Crippen LogP contribution in [0.3, 0.4) is 0 Å². The van der Waals surface area contributed by atoms with E-state index in [-0.39, 0.29) is 18.7 Å². The lowest BCUT2D eigenvalue weighted by atomic mass is 9.92. The molecule has 0 aromatic rings. The standard InChI is InChI=1S/C21H38O7/c1-8-15(9-14(2)3)10-18(22)23-13-17-19(28-21(6,7)27-17)24-11-16-12-25-20(4,5)26-16/h14-17,19H,8-13H2,1-7H3. The zero-order valence-electron chi connectivity index (χ0n) is 18.5. The van der Waals surface area contributed by atoms with Gasteiger partial charge in [-0.15, -0.1) is 0 Å². The lowest BCUT2D eigenvalue weighted by Crippen LogP contribution is -2.34. The molecule has 164 valence electrons. The Hall–Kier alpha value is -0.730. The molecule has 2 fully saturated rings. The van der Waals surface area contributed by atoms with Gasteiger partial charge in [-0.3, -0.25) is 4.79 Å². The Morgan fingerprint density at radius 2 is 1.79 bits per heavy atom. The van der Waals surface area contributed by atoms with Gasteiger partial charge in [-0.25, -0.2) is 0 Å². The van der Waals surface area contributed by atoms with E-state index in [0.717, 1.165) is 12.8 Å². The molecular weight excluding hydrogens is 364 g/mol. The molecule has 0 amide bonds. The zero-order chi connectivity index (χ0) is 20.9. The Balaban J connectivity index is 1.80. The third-order valence-electron chi connectivity index (χ3n) is 4.90. The van der Waals surface area contributed by atoms with Crippen molar-refractivity contribution in [2.45, 2.75) is 97.8 Å². The van der Waals surface area contributed by atoms with Crippen LogP contribution in [-0.4, -0.2) is 55.9 Å². The van der Waals surface area contributed by atoms with Crippen molar-refractivity contribution >= 4 is 5.97 Å². The monoisotopic (exact) mass is 402 g/mol. The number of rotatable bonds is 10. The van der Waals surface area contributed by atoms with E-state index < -0.39 is 24.0 Å². The summed E-state index contributed by atoms with van der Waals surface area (Å²) in [6.45, 7) is 14.7. The van der Waals surface area contributed by atoms with Crippen molar-refractivity contribution in [2.75, 3.05) is 19.8 Å². The molecule has 7 nitrogen and oxygen atoms in total. The van der Waals surface area contributed by atoms with Crippen LogP contribution in [0.1, 0.15) is 67.7 Å². The van der Waals surface area contributed by atoms with Crippen LogP contribution >= 0.6 is 0 Å². The molecule has 4 atom stereocenters. The van der Waals surface area contributed by atoms with Gasteiger partial charge in [0.05, 0.1) is 13.2 Å². The van der Waals surface area contributed by atoms with E-state index in [4.69, 9.17) is 28.4 Å². The predicted octanol–water partition coefficient (Wildman–Crippen LogP) is 3.64. The van der Waals surface area contributed by atoms with Crippen LogP contribution in [0.2, 0.25) is 0 Å². The van der Waals surface area contributed by atoms with Gasteiger partial charge in [0.25, 0.3) is 0 Å². The number of carbonyl (C=O) groups is 1. The summed E-state index contributed by atoms with van der Waals surface area (Å²) in [6.07, 6.45) is 1.17. The summed E-state index contributed by atoms with van der Waals surface area (Å²) in [5, 5.41) is 0. The summed E-state index contributed by atoms with van der Waals surface area (Å²) in [7, 11) is 0. The predicted molar refractivity (Wildman–Crippen MR) is 103 cm³/mol. The van der Waals surface area contributed by atoms with E-state index >= 15 is 0 Å². The van der Waals surface area contributed by atoms with Crippen molar-refractivity contribution < 1.29 is 33.2 Å². The summed E-state index contributed by atoms with van der Waals surface area (Å²) in [5.41, 5.74) is 0. The Kier molecular flexibility index (Phi) is 8.28. The highest BCUT2D eigenvalue weighted by atomic mass is 16.8. The third kappa shape index (κ3) is 7.59. The highest BCUT2D eigenvalue weighted by Crippen LogP contribution is 2.30. The largest absolute Gasteiger partial charge is 0.463 e. The van der Waals surface area contributed by atoms with E-state index in [2.05, 4.69) is 20.8 Å². The molecular formula is C21H38O7. The number of carbonyl (C=O) groups excluding carboxylic acids is 1. The number of hydrogen-bond acceptors (Lipinski definition) is 7. The molecule has 2 rings (SSSR count). The molecule has 2 aliphatic heterocycles.